The second-order valence-electron chi connectivity index (χ2n) is 5.65. The highest BCUT2D eigenvalue weighted by molar-refractivity contribution is 6.30. The van der Waals surface area contributed by atoms with Gasteiger partial charge in [-0.05, 0) is 37.5 Å². The zero-order valence-electron chi connectivity index (χ0n) is 13.2. The molecule has 2 rings (SSSR count). The fourth-order valence-electron chi connectivity index (χ4n) is 2.68. The zero-order valence-corrected chi connectivity index (χ0v) is 13.9. The van der Waals surface area contributed by atoms with Gasteiger partial charge in [0.25, 0.3) is 0 Å². The number of halogens is 1. The van der Waals surface area contributed by atoms with E-state index in [1.54, 1.807) is 0 Å². The van der Waals surface area contributed by atoms with Gasteiger partial charge in [-0.3, -0.25) is 4.99 Å². The minimum atomic E-state index is -0.126. The molecule has 0 fully saturated rings. The first-order chi connectivity index (χ1) is 10.1. The summed E-state index contributed by atoms with van der Waals surface area (Å²) in [4.78, 5) is 4.79. The monoisotopic (exact) mass is 308 g/mol. The van der Waals surface area contributed by atoms with E-state index in [-0.39, 0.29) is 6.10 Å². The van der Waals surface area contributed by atoms with Gasteiger partial charge in [-0.25, -0.2) is 0 Å². The highest BCUT2D eigenvalue weighted by atomic mass is 35.5. The van der Waals surface area contributed by atoms with Crippen molar-refractivity contribution in [1.29, 1.82) is 0 Å². The van der Waals surface area contributed by atoms with Crippen molar-refractivity contribution in [2.24, 2.45) is 10.4 Å². The number of ether oxygens (including phenoxy) is 1. The summed E-state index contributed by atoms with van der Waals surface area (Å²) < 4.78 is 5.91. The minimum absolute atomic E-state index is 0.126. The summed E-state index contributed by atoms with van der Waals surface area (Å²) in [6.45, 7) is 8.99. The van der Waals surface area contributed by atoms with Crippen LogP contribution >= 0.6 is 11.6 Å². The molecule has 0 bridgehead atoms. The number of benzene rings is 1. The Morgan fingerprint density at radius 2 is 1.90 bits per heavy atom. The van der Waals surface area contributed by atoms with Crippen molar-refractivity contribution in [2.75, 3.05) is 19.7 Å². The van der Waals surface area contributed by atoms with Gasteiger partial charge < -0.3 is 10.1 Å². The van der Waals surface area contributed by atoms with Gasteiger partial charge in [0.1, 0.15) is 11.9 Å². The molecule has 3 nitrogen and oxygen atoms in total. The standard InChI is InChI=1S/C17H25ClN2O/c1-4-17(5-2)11-19-16(20-12-17)15(21-6-3)13-7-9-14(18)10-8-13/h7-10,15H,4-6,11-12H2,1-3H3,(H,19,20)/t15-/m0/s1. The zero-order chi connectivity index (χ0) is 15.3. The van der Waals surface area contributed by atoms with E-state index in [0.29, 0.717) is 12.0 Å². The summed E-state index contributed by atoms with van der Waals surface area (Å²) in [6, 6.07) is 7.81. The predicted molar refractivity (Wildman–Crippen MR) is 89.1 cm³/mol. The molecule has 0 unspecified atom stereocenters. The van der Waals surface area contributed by atoms with Crippen LogP contribution in [0.25, 0.3) is 0 Å². The predicted octanol–water partition coefficient (Wildman–Crippen LogP) is 4.23. The first kappa shape index (κ1) is 16.3. The summed E-state index contributed by atoms with van der Waals surface area (Å²) in [5.41, 5.74) is 1.38. The molecule has 0 amide bonds. The van der Waals surface area contributed by atoms with E-state index in [9.17, 15) is 0 Å². The SMILES string of the molecule is CCO[C@H](C1=NCC(CC)(CC)CN1)c1ccc(Cl)cc1. The Labute approximate surface area is 132 Å². The van der Waals surface area contributed by atoms with Gasteiger partial charge in [0.2, 0.25) is 0 Å². The molecule has 1 heterocycles. The first-order valence-electron chi connectivity index (χ1n) is 7.79. The van der Waals surface area contributed by atoms with Gasteiger partial charge in [0.05, 0.1) is 0 Å². The average Bonchev–Trinajstić information content (AvgIpc) is 2.54. The van der Waals surface area contributed by atoms with E-state index < -0.39 is 0 Å². The van der Waals surface area contributed by atoms with Gasteiger partial charge in [-0.2, -0.15) is 0 Å². The fourth-order valence-corrected chi connectivity index (χ4v) is 2.81. The van der Waals surface area contributed by atoms with Gasteiger partial charge >= 0.3 is 0 Å². The number of hydrogen-bond donors (Lipinski definition) is 1. The lowest BCUT2D eigenvalue weighted by atomic mass is 9.81. The Hall–Kier alpha value is -1.06. The molecule has 0 saturated heterocycles. The molecule has 1 aliphatic heterocycles. The maximum Gasteiger partial charge on any atom is 0.139 e. The van der Waals surface area contributed by atoms with E-state index in [1.165, 1.54) is 0 Å². The van der Waals surface area contributed by atoms with E-state index in [4.69, 9.17) is 21.3 Å². The van der Waals surface area contributed by atoms with Crippen molar-refractivity contribution in [1.82, 2.24) is 5.32 Å². The Bertz CT molecular complexity index is 480. The molecular weight excluding hydrogens is 284 g/mol. The van der Waals surface area contributed by atoms with Crippen molar-refractivity contribution in [3.63, 3.8) is 0 Å². The third kappa shape index (κ3) is 3.78. The number of aliphatic imine (C=N–C) groups is 1. The topological polar surface area (TPSA) is 33.6 Å². The maximum atomic E-state index is 5.97. The molecule has 1 aliphatic rings. The Morgan fingerprint density at radius 1 is 1.24 bits per heavy atom. The second-order valence-corrected chi connectivity index (χ2v) is 6.09. The van der Waals surface area contributed by atoms with Crippen molar-refractivity contribution in [2.45, 2.75) is 39.7 Å². The van der Waals surface area contributed by atoms with E-state index in [0.717, 1.165) is 42.4 Å². The molecule has 0 radical (unpaired) electrons. The number of hydrogen-bond acceptors (Lipinski definition) is 3. The van der Waals surface area contributed by atoms with Crippen LogP contribution in [0.3, 0.4) is 0 Å². The van der Waals surface area contributed by atoms with Crippen LogP contribution in [0.2, 0.25) is 5.02 Å². The third-order valence-electron chi connectivity index (χ3n) is 4.48. The molecule has 0 aliphatic carbocycles. The van der Waals surface area contributed by atoms with E-state index in [1.807, 2.05) is 31.2 Å². The minimum Gasteiger partial charge on any atom is -0.371 e. The number of nitrogens with zero attached hydrogens (tertiary/aromatic N) is 1. The molecule has 1 aromatic rings. The summed E-state index contributed by atoms with van der Waals surface area (Å²) in [6.07, 6.45) is 2.17. The average molecular weight is 309 g/mol. The smallest absolute Gasteiger partial charge is 0.139 e. The van der Waals surface area contributed by atoms with Crippen molar-refractivity contribution < 1.29 is 4.74 Å². The number of amidine groups is 1. The largest absolute Gasteiger partial charge is 0.371 e. The Balaban J connectivity index is 2.20. The summed E-state index contributed by atoms with van der Waals surface area (Å²) in [5.74, 6) is 0.941. The van der Waals surface area contributed by atoms with Crippen LogP contribution in [0.15, 0.2) is 29.3 Å². The highest BCUT2D eigenvalue weighted by Gasteiger charge is 2.32. The summed E-state index contributed by atoms with van der Waals surface area (Å²) >= 11 is 5.97. The Morgan fingerprint density at radius 3 is 2.38 bits per heavy atom. The van der Waals surface area contributed by atoms with Gasteiger partial charge in [-0.15, -0.1) is 0 Å². The highest BCUT2D eigenvalue weighted by Crippen LogP contribution is 2.30. The van der Waals surface area contributed by atoms with Crippen molar-refractivity contribution in [3.8, 4) is 0 Å². The van der Waals surface area contributed by atoms with Crippen LogP contribution in [-0.4, -0.2) is 25.5 Å². The van der Waals surface area contributed by atoms with Gasteiger partial charge in [0, 0.05) is 30.1 Å². The van der Waals surface area contributed by atoms with E-state index >= 15 is 0 Å². The molecule has 0 aromatic heterocycles. The van der Waals surface area contributed by atoms with Crippen LogP contribution in [0.1, 0.15) is 45.3 Å². The molecule has 1 N–H and O–H groups in total. The molecule has 21 heavy (non-hydrogen) atoms. The molecular formula is C17H25ClN2O. The summed E-state index contributed by atoms with van der Waals surface area (Å²) in [5, 5.41) is 4.24. The molecule has 116 valence electrons. The molecule has 0 spiro atoms. The normalized spacial score (nSPS) is 18.8. The van der Waals surface area contributed by atoms with Gasteiger partial charge in [0.15, 0.2) is 0 Å². The quantitative estimate of drug-likeness (QED) is 0.853. The van der Waals surface area contributed by atoms with E-state index in [2.05, 4.69) is 19.2 Å². The molecule has 4 heteroatoms. The van der Waals surface area contributed by atoms with Crippen LogP contribution < -0.4 is 5.32 Å². The van der Waals surface area contributed by atoms with Crippen molar-refractivity contribution in [3.05, 3.63) is 34.9 Å². The van der Waals surface area contributed by atoms with Crippen LogP contribution in [0.5, 0.6) is 0 Å². The lowest BCUT2D eigenvalue weighted by molar-refractivity contribution is 0.104. The second kappa shape index (κ2) is 7.28. The van der Waals surface area contributed by atoms with Crippen LogP contribution in [-0.2, 0) is 4.74 Å². The fraction of sp³-hybridized carbons (Fsp3) is 0.588. The summed E-state index contributed by atoms with van der Waals surface area (Å²) in [7, 11) is 0. The molecule has 1 aromatic carbocycles. The van der Waals surface area contributed by atoms with Crippen LogP contribution in [0.4, 0.5) is 0 Å². The molecule has 0 saturated carbocycles. The lowest BCUT2D eigenvalue weighted by Crippen LogP contribution is -2.46. The maximum absolute atomic E-state index is 5.97. The number of nitrogens with one attached hydrogen (secondary N) is 1. The van der Waals surface area contributed by atoms with Crippen molar-refractivity contribution >= 4 is 17.4 Å². The van der Waals surface area contributed by atoms with Gasteiger partial charge in [-0.1, -0.05) is 37.6 Å². The lowest BCUT2D eigenvalue weighted by Gasteiger charge is -2.36. The number of rotatable bonds is 6. The Kier molecular flexibility index (Phi) is 5.65. The third-order valence-corrected chi connectivity index (χ3v) is 4.74. The molecule has 1 atom stereocenters. The van der Waals surface area contributed by atoms with Crippen LogP contribution in [0, 0.1) is 5.41 Å². The first-order valence-corrected chi connectivity index (χ1v) is 8.17.